The highest BCUT2D eigenvalue weighted by atomic mass is 79.9. The molecule has 1 aromatic rings. The van der Waals surface area contributed by atoms with Crippen LogP contribution in [0.3, 0.4) is 0 Å². The fraction of sp³-hybridized carbons (Fsp3) is 0.250. The summed E-state index contributed by atoms with van der Waals surface area (Å²) in [5.41, 5.74) is 2.19. The Kier molecular flexibility index (Phi) is 4.92. The van der Waals surface area contributed by atoms with Gasteiger partial charge in [-0.25, -0.2) is 0 Å². The van der Waals surface area contributed by atoms with E-state index in [4.69, 9.17) is 6.42 Å². The van der Waals surface area contributed by atoms with Gasteiger partial charge in [-0.05, 0) is 11.1 Å². The Hall–Kier alpha value is -1.27. The van der Waals surface area contributed by atoms with Crippen molar-refractivity contribution in [2.24, 2.45) is 0 Å². The molecule has 1 N–H and O–H groups in total. The molecule has 0 saturated heterocycles. The van der Waals surface area contributed by atoms with Crippen molar-refractivity contribution in [2.45, 2.75) is 11.8 Å². The van der Waals surface area contributed by atoms with Crippen molar-refractivity contribution in [3.05, 3.63) is 35.4 Å². The Balaban J connectivity index is 2.50. The number of carbonyl (C=O) groups excluding carboxylic acids is 1. The molecule has 0 radical (unpaired) electrons. The molecule has 0 spiro atoms. The fourth-order valence-corrected chi connectivity index (χ4v) is 1.52. The molecule has 0 atom stereocenters. The standard InChI is InChI=1S/C12H12BrNO/c1-2-7-14-12(15)8-10-3-5-11(9-13)6-4-10/h1,3-6H,7-9H2,(H,14,15). The van der Waals surface area contributed by atoms with Crippen LogP contribution in [0.2, 0.25) is 0 Å². The van der Waals surface area contributed by atoms with Gasteiger partial charge in [-0.2, -0.15) is 0 Å². The van der Waals surface area contributed by atoms with Crippen molar-refractivity contribution >= 4 is 21.8 Å². The monoisotopic (exact) mass is 265 g/mol. The van der Waals surface area contributed by atoms with Gasteiger partial charge in [-0.1, -0.05) is 46.1 Å². The van der Waals surface area contributed by atoms with Crippen LogP contribution in [0.1, 0.15) is 11.1 Å². The molecule has 0 aliphatic carbocycles. The first-order chi connectivity index (χ1) is 7.26. The van der Waals surface area contributed by atoms with E-state index < -0.39 is 0 Å². The molecule has 78 valence electrons. The van der Waals surface area contributed by atoms with Gasteiger partial charge >= 0.3 is 0 Å². The Morgan fingerprint density at radius 1 is 1.33 bits per heavy atom. The molecule has 1 rings (SSSR count). The van der Waals surface area contributed by atoms with E-state index in [-0.39, 0.29) is 12.5 Å². The highest BCUT2D eigenvalue weighted by molar-refractivity contribution is 9.08. The molecule has 0 aliphatic rings. The van der Waals surface area contributed by atoms with Crippen molar-refractivity contribution in [3.8, 4) is 12.3 Å². The topological polar surface area (TPSA) is 29.1 Å². The first kappa shape index (κ1) is 11.8. The van der Waals surface area contributed by atoms with Crippen molar-refractivity contribution in [2.75, 3.05) is 6.54 Å². The molecule has 1 amide bonds. The summed E-state index contributed by atoms with van der Waals surface area (Å²) >= 11 is 3.37. The maximum Gasteiger partial charge on any atom is 0.225 e. The highest BCUT2D eigenvalue weighted by Gasteiger charge is 2.01. The highest BCUT2D eigenvalue weighted by Crippen LogP contribution is 2.08. The Morgan fingerprint density at radius 2 is 1.93 bits per heavy atom. The van der Waals surface area contributed by atoms with Crippen LogP contribution in [0, 0.1) is 12.3 Å². The van der Waals surface area contributed by atoms with Crippen LogP contribution < -0.4 is 5.32 Å². The summed E-state index contributed by atoms with van der Waals surface area (Å²) in [6.07, 6.45) is 5.42. The molecule has 0 heterocycles. The first-order valence-corrected chi connectivity index (χ1v) is 5.72. The molecule has 0 fully saturated rings. The smallest absolute Gasteiger partial charge is 0.225 e. The van der Waals surface area contributed by atoms with Crippen molar-refractivity contribution < 1.29 is 4.79 Å². The molecular weight excluding hydrogens is 254 g/mol. The fourth-order valence-electron chi connectivity index (χ4n) is 1.14. The second-order valence-electron chi connectivity index (χ2n) is 3.11. The molecule has 15 heavy (non-hydrogen) atoms. The van der Waals surface area contributed by atoms with Gasteiger partial charge in [0.2, 0.25) is 5.91 Å². The minimum absolute atomic E-state index is 0.0421. The van der Waals surface area contributed by atoms with Crippen molar-refractivity contribution in [3.63, 3.8) is 0 Å². The lowest BCUT2D eigenvalue weighted by Crippen LogP contribution is -2.25. The number of alkyl halides is 1. The number of benzene rings is 1. The molecule has 0 saturated carbocycles. The van der Waals surface area contributed by atoms with Crippen LogP contribution in [0.25, 0.3) is 0 Å². The van der Waals surface area contributed by atoms with Gasteiger partial charge in [0, 0.05) is 5.33 Å². The second kappa shape index (κ2) is 6.26. The lowest BCUT2D eigenvalue weighted by molar-refractivity contribution is -0.120. The number of nitrogens with one attached hydrogen (secondary N) is 1. The zero-order chi connectivity index (χ0) is 11.1. The van der Waals surface area contributed by atoms with E-state index in [9.17, 15) is 4.79 Å². The number of hydrogen-bond donors (Lipinski definition) is 1. The van der Waals surface area contributed by atoms with E-state index in [1.165, 1.54) is 5.56 Å². The zero-order valence-electron chi connectivity index (χ0n) is 8.29. The average Bonchev–Trinajstić information content (AvgIpc) is 2.27. The Labute approximate surface area is 98.2 Å². The molecule has 0 bridgehead atoms. The van der Waals surface area contributed by atoms with Crippen LogP contribution in [-0.2, 0) is 16.5 Å². The van der Waals surface area contributed by atoms with Crippen molar-refractivity contribution in [1.82, 2.24) is 5.32 Å². The minimum atomic E-state index is -0.0421. The molecule has 3 heteroatoms. The summed E-state index contributed by atoms with van der Waals surface area (Å²) in [5, 5.41) is 3.46. The minimum Gasteiger partial charge on any atom is -0.345 e. The molecular formula is C12H12BrNO. The van der Waals surface area contributed by atoms with Crippen LogP contribution >= 0.6 is 15.9 Å². The van der Waals surface area contributed by atoms with Gasteiger partial charge in [-0.3, -0.25) is 4.79 Å². The predicted octanol–water partition coefficient (Wildman–Crippen LogP) is 1.87. The third-order valence-electron chi connectivity index (χ3n) is 1.93. The van der Waals surface area contributed by atoms with E-state index >= 15 is 0 Å². The van der Waals surface area contributed by atoms with Gasteiger partial charge in [0.05, 0.1) is 13.0 Å². The molecule has 1 aromatic carbocycles. The lowest BCUT2D eigenvalue weighted by atomic mass is 10.1. The number of terminal acetylenes is 1. The lowest BCUT2D eigenvalue weighted by Gasteiger charge is -2.02. The maximum atomic E-state index is 11.3. The van der Waals surface area contributed by atoms with E-state index in [0.29, 0.717) is 6.42 Å². The quantitative estimate of drug-likeness (QED) is 0.654. The molecule has 2 nitrogen and oxygen atoms in total. The largest absolute Gasteiger partial charge is 0.345 e. The van der Waals surface area contributed by atoms with E-state index in [0.717, 1.165) is 10.9 Å². The zero-order valence-corrected chi connectivity index (χ0v) is 9.88. The van der Waals surface area contributed by atoms with Crippen molar-refractivity contribution in [1.29, 1.82) is 0 Å². The van der Waals surface area contributed by atoms with Gasteiger partial charge in [0.25, 0.3) is 0 Å². The summed E-state index contributed by atoms with van der Waals surface area (Å²) < 4.78 is 0. The predicted molar refractivity (Wildman–Crippen MR) is 64.6 cm³/mol. The van der Waals surface area contributed by atoms with Crippen LogP contribution in [0.4, 0.5) is 0 Å². The maximum absolute atomic E-state index is 11.3. The summed E-state index contributed by atoms with van der Waals surface area (Å²) in [7, 11) is 0. The Bertz CT molecular complexity index is 364. The average molecular weight is 266 g/mol. The van der Waals surface area contributed by atoms with Gasteiger partial charge < -0.3 is 5.32 Å². The summed E-state index contributed by atoms with van der Waals surface area (Å²) in [5.74, 6) is 2.32. The summed E-state index contributed by atoms with van der Waals surface area (Å²) in [6.45, 7) is 0.290. The van der Waals surface area contributed by atoms with Crippen LogP contribution in [-0.4, -0.2) is 12.5 Å². The van der Waals surface area contributed by atoms with Crippen LogP contribution in [0.15, 0.2) is 24.3 Å². The number of rotatable bonds is 4. The number of carbonyl (C=O) groups is 1. The third-order valence-corrected chi connectivity index (χ3v) is 2.58. The summed E-state index contributed by atoms with van der Waals surface area (Å²) in [6, 6.07) is 7.90. The van der Waals surface area contributed by atoms with Gasteiger partial charge in [0.15, 0.2) is 0 Å². The van der Waals surface area contributed by atoms with E-state index in [1.807, 2.05) is 24.3 Å². The van der Waals surface area contributed by atoms with Gasteiger partial charge in [-0.15, -0.1) is 6.42 Å². The Morgan fingerprint density at radius 3 is 2.47 bits per heavy atom. The SMILES string of the molecule is C#CCNC(=O)Cc1ccc(CBr)cc1. The number of halogens is 1. The number of amides is 1. The third kappa shape index (κ3) is 4.18. The second-order valence-corrected chi connectivity index (χ2v) is 3.67. The van der Waals surface area contributed by atoms with Gasteiger partial charge in [0.1, 0.15) is 0 Å². The first-order valence-electron chi connectivity index (χ1n) is 4.60. The van der Waals surface area contributed by atoms with Crippen LogP contribution in [0.5, 0.6) is 0 Å². The van der Waals surface area contributed by atoms with E-state index in [2.05, 4.69) is 27.2 Å². The molecule has 0 unspecified atom stereocenters. The normalized spacial score (nSPS) is 9.33. The number of hydrogen-bond acceptors (Lipinski definition) is 1. The molecule has 0 aliphatic heterocycles. The summed E-state index contributed by atoms with van der Waals surface area (Å²) in [4.78, 5) is 11.3. The van der Waals surface area contributed by atoms with E-state index in [1.54, 1.807) is 0 Å². The molecule has 0 aromatic heterocycles.